The summed E-state index contributed by atoms with van der Waals surface area (Å²) < 4.78 is 0. The number of amides is 1. The summed E-state index contributed by atoms with van der Waals surface area (Å²) in [6.07, 6.45) is 5.75. The molecular weight excluding hydrogens is 410 g/mol. The van der Waals surface area contributed by atoms with Crippen LogP contribution in [-0.2, 0) is 11.3 Å². The van der Waals surface area contributed by atoms with E-state index in [1.165, 1.54) is 0 Å². The molecule has 0 aliphatic rings. The second kappa shape index (κ2) is 11.2. The van der Waals surface area contributed by atoms with E-state index in [1.807, 2.05) is 60.9 Å². The number of rotatable bonds is 10. The summed E-state index contributed by atoms with van der Waals surface area (Å²) in [4.78, 5) is 28.7. The number of anilines is 1. The van der Waals surface area contributed by atoms with Gasteiger partial charge in [-0.2, -0.15) is 11.8 Å². The van der Waals surface area contributed by atoms with E-state index < -0.39 is 12.0 Å². The van der Waals surface area contributed by atoms with Gasteiger partial charge in [0.05, 0.1) is 5.69 Å². The van der Waals surface area contributed by atoms with Gasteiger partial charge in [-0.1, -0.05) is 36.4 Å². The summed E-state index contributed by atoms with van der Waals surface area (Å²) in [5.74, 6) is -0.762. The van der Waals surface area contributed by atoms with Crippen molar-refractivity contribution in [3.8, 4) is 11.1 Å². The van der Waals surface area contributed by atoms with Crippen molar-refractivity contribution in [2.24, 2.45) is 0 Å². The van der Waals surface area contributed by atoms with Gasteiger partial charge in [0.25, 0.3) is 5.91 Å². The first kappa shape index (κ1) is 22.4. The molecule has 1 heterocycles. The van der Waals surface area contributed by atoms with Crippen LogP contribution in [0.5, 0.6) is 0 Å². The molecule has 0 unspecified atom stereocenters. The van der Waals surface area contributed by atoms with E-state index in [4.69, 9.17) is 0 Å². The van der Waals surface area contributed by atoms with Crippen LogP contribution in [0.3, 0.4) is 0 Å². The van der Waals surface area contributed by atoms with E-state index in [-0.39, 0.29) is 5.91 Å². The monoisotopic (exact) mass is 435 g/mol. The van der Waals surface area contributed by atoms with E-state index in [0.29, 0.717) is 24.3 Å². The number of benzene rings is 2. The maximum atomic E-state index is 13.0. The van der Waals surface area contributed by atoms with Crippen molar-refractivity contribution in [2.45, 2.75) is 19.0 Å². The molecule has 6 nitrogen and oxygen atoms in total. The SMILES string of the molecule is CSCC[C@H](NC(=O)c1ccc(CNc2cccnc2)cc1-c1ccccc1)C(=O)O. The maximum absolute atomic E-state index is 13.0. The number of hydrogen-bond acceptors (Lipinski definition) is 5. The number of pyridine rings is 1. The molecule has 7 heteroatoms. The first-order valence-corrected chi connectivity index (χ1v) is 11.3. The van der Waals surface area contributed by atoms with Crippen LogP contribution in [0.4, 0.5) is 5.69 Å². The summed E-state index contributed by atoms with van der Waals surface area (Å²) in [7, 11) is 0. The zero-order valence-electron chi connectivity index (χ0n) is 17.2. The number of carbonyl (C=O) groups is 2. The van der Waals surface area contributed by atoms with Crippen molar-refractivity contribution in [3.05, 3.63) is 84.2 Å². The molecule has 1 amide bonds. The molecule has 160 valence electrons. The molecule has 3 N–H and O–H groups in total. The second-order valence-corrected chi connectivity index (χ2v) is 7.97. The molecule has 0 bridgehead atoms. The van der Waals surface area contributed by atoms with Crippen LogP contribution in [0.15, 0.2) is 73.1 Å². The second-order valence-electron chi connectivity index (χ2n) is 6.99. The van der Waals surface area contributed by atoms with Crippen molar-refractivity contribution < 1.29 is 14.7 Å². The zero-order valence-corrected chi connectivity index (χ0v) is 18.1. The average molecular weight is 436 g/mol. The van der Waals surface area contributed by atoms with Crippen LogP contribution in [0.2, 0.25) is 0 Å². The largest absolute Gasteiger partial charge is 0.480 e. The Balaban J connectivity index is 1.86. The minimum Gasteiger partial charge on any atom is -0.480 e. The van der Waals surface area contributed by atoms with Gasteiger partial charge in [0.1, 0.15) is 6.04 Å². The van der Waals surface area contributed by atoms with Gasteiger partial charge in [-0.15, -0.1) is 0 Å². The van der Waals surface area contributed by atoms with Crippen molar-refractivity contribution >= 4 is 29.3 Å². The van der Waals surface area contributed by atoms with Crippen LogP contribution in [0.25, 0.3) is 11.1 Å². The highest BCUT2D eigenvalue weighted by Crippen LogP contribution is 2.26. The standard InChI is InChI=1S/C24H25N3O3S/c1-31-13-11-22(24(29)30)27-23(28)20-10-9-17(15-26-19-8-5-12-25-16-19)14-21(20)18-6-3-2-4-7-18/h2-10,12,14,16,22,26H,11,13,15H2,1H3,(H,27,28)(H,29,30)/t22-/m0/s1. The Labute approximate surface area is 186 Å². The molecule has 0 saturated heterocycles. The van der Waals surface area contributed by atoms with Crippen LogP contribution in [0, 0.1) is 0 Å². The normalized spacial score (nSPS) is 11.5. The van der Waals surface area contributed by atoms with Gasteiger partial charge < -0.3 is 15.7 Å². The van der Waals surface area contributed by atoms with Crippen molar-refractivity contribution in [2.75, 3.05) is 17.3 Å². The number of aliphatic carboxylic acids is 1. The predicted octanol–water partition coefficient (Wildman–Crippen LogP) is 4.30. The lowest BCUT2D eigenvalue weighted by Crippen LogP contribution is -2.41. The van der Waals surface area contributed by atoms with Gasteiger partial charge >= 0.3 is 5.97 Å². The number of carboxylic acid groups (broad SMARTS) is 1. The Morgan fingerprint density at radius 3 is 2.58 bits per heavy atom. The van der Waals surface area contributed by atoms with E-state index in [0.717, 1.165) is 22.4 Å². The van der Waals surface area contributed by atoms with Gasteiger partial charge in [0.15, 0.2) is 0 Å². The molecule has 0 spiro atoms. The van der Waals surface area contributed by atoms with Gasteiger partial charge in [-0.05, 0) is 59.4 Å². The number of thioether (sulfide) groups is 1. The quantitative estimate of drug-likeness (QED) is 0.440. The van der Waals surface area contributed by atoms with Gasteiger partial charge in [-0.3, -0.25) is 9.78 Å². The molecule has 2 aromatic carbocycles. The highest BCUT2D eigenvalue weighted by atomic mass is 32.2. The highest BCUT2D eigenvalue weighted by molar-refractivity contribution is 7.98. The Kier molecular flexibility index (Phi) is 8.06. The Bertz CT molecular complexity index is 1010. The van der Waals surface area contributed by atoms with E-state index in [1.54, 1.807) is 30.2 Å². The molecule has 0 radical (unpaired) electrons. The fraction of sp³-hybridized carbons (Fsp3) is 0.208. The molecular formula is C24H25N3O3S. The molecule has 31 heavy (non-hydrogen) atoms. The fourth-order valence-corrected chi connectivity index (χ4v) is 3.63. The first-order valence-electron chi connectivity index (χ1n) is 9.93. The lowest BCUT2D eigenvalue weighted by molar-refractivity contribution is -0.139. The molecule has 0 fully saturated rings. The van der Waals surface area contributed by atoms with Crippen LogP contribution >= 0.6 is 11.8 Å². The highest BCUT2D eigenvalue weighted by Gasteiger charge is 2.22. The third-order valence-corrected chi connectivity index (χ3v) is 5.43. The molecule has 1 atom stereocenters. The van der Waals surface area contributed by atoms with E-state index in [9.17, 15) is 14.7 Å². The van der Waals surface area contributed by atoms with Crippen LogP contribution < -0.4 is 10.6 Å². The molecule has 3 aromatic rings. The van der Waals surface area contributed by atoms with Crippen LogP contribution in [-0.4, -0.2) is 40.0 Å². The Morgan fingerprint density at radius 1 is 1.10 bits per heavy atom. The molecule has 3 rings (SSSR count). The summed E-state index contributed by atoms with van der Waals surface area (Å²) in [6.45, 7) is 0.568. The summed E-state index contributed by atoms with van der Waals surface area (Å²) in [5, 5.41) is 15.5. The Morgan fingerprint density at radius 2 is 1.90 bits per heavy atom. The number of aromatic nitrogens is 1. The van der Waals surface area contributed by atoms with Gasteiger partial charge in [0, 0.05) is 24.5 Å². The molecule has 1 aromatic heterocycles. The zero-order chi connectivity index (χ0) is 22.1. The fourth-order valence-electron chi connectivity index (χ4n) is 3.16. The van der Waals surface area contributed by atoms with Gasteiger partial charge in [-0.25, -0.2) is 4.79 Å². The maximum Gasteiger partial charge on any atom is 0.326 e. The molecule has 0 aliphatic carbocycles. The minimum absolute atomic E-state index is 0.371. The van der Waals surface area contributed by atoms with Crippen molar-refractivity contribution in [1.82, 2.24) is 10.3 Å². The summed E-state index contributed by atoms with van der Waals surface area (Å²) in [5.41, 5.74) is 4.01. The number of carboxylic acids is 1. The first-order chi connectivity index (χ1) is 15.1. The number of carbonyl (C=O) groups excluding carboxylic acids is 1. The predicted molar refractivity (Wildman–Crippen MR) is 125 cm³/mol. The lowest BCUT2D eigenvalue weighted by atomic mass is 9.96. The molecule has 0 saturated carbocycles. The van der Waals surface area contributed by atoms with Crippen molar-refractivity contribution in [3.63, 3.8) is 0 Å². The third kappa shape index (κ3) is 6.33. The minimum atomic E-state index is -1.03. The van der Waals surface area contributed by atoms with E-state index in [2.05, 4.69) is 15.6 Å². The van der Waals surface area contributed by atoms with Crippen LogP contribution in [0.1, 0.15) is 22.3 Å². The molecule has 0 aliphatic heterocycles. The third-order valence-electron chi connectivity index (χ3n) is 4.79. The Hall–Kier alpha value is -3.32. The van der Waals surface area contributed by atoms with Crippen molar-refractivity contribution in [1.29, 1.82) is 0 Å². The van der Waals surface area contributed by atoms with Gasteiger partial charge in [0.2, 0.25) is 0 Å². The smallest absolute Gasteiger partial charge is 0.326 e. The summed E-state index contributed by atoms with van der Waals surface area (Å²) >= 11 is 1.55. The number of nitrogens with zero attached hydrogens (tertiary/aromatic N) is 1. The number of nitrogens with one attached hydrogen (secondary N) is 2. The lowest BCUT2D eigenvalue weighted by Gasteiger charge is -2.17. The van der Waals surface area contributed by atoms with E-state index >= 15 is 0 Å². The topological polar surface area (TPSA) is 91.3 Å². The number of hydrogen-bond donors (Lipinski definition) is 3. The summed E-state index contributed by atoms with van der Waals surface area (Å²) in [6, 6.07) is 18.1. The average Bonchev–Trinajstić information content (AvgIpc) is 2.81.